The summed E-state index contributed by atoms with van der Waals surface area (Å²) in [5, 5.41) is 0. The van der Waals surface area contributed by atoms with Gasteiger partial charge in [-0.15, -0.1) is 12.6 Å². The van der Waals surface area contributed by atoms with Gasteiger partial charge in [-0.05, 0) is 13.3 Å². The predicted octanol–water partition coefficient (Wildman–Crippen LogP) is 2.33. The van der Waals surface area contributed by atoms with Crippen LogP contribution in [0.4, 0.5) is 0 Å². The molecule has 0 radical (unpaired) electrons. The Hall–Kier alpha value is -0.700. The number of hydrogen-bond acceptors (Lipinski definition) is 3. The maximum Gasteiger partial charge on any atom is 0.338 e. The van der Waals surface area contributed by atoms with Crippen molar-refractivity contribution in [2.75, 3.05) is 7.11 Å². The van der Waals surface area contributed by atoms with Gasteiger partial charge in [0, 0.05) is 4.91 Å². The number of esters is 1. The van der Waals surface area contributed by atoms with E-state index >= 15 is 0 Å². The van der Waals surface area contributed by atoms with E-state index in [0.29, 0.717) is 10.5 Å². The number of rotatable bonds is 3. The normalized spacial score (nSPS) is 13.0. The lowest BCUT2D eigenvalue weighted by Crippen LogP contribution is -2.04. The summed E-state index contributed by atoms with van der Waals surface area (Å²) in [5.74, 6) is -0.341. The highest BCUT2D eigenvalue weighted by molar-refractivity contribution is 7.84. The van der Waals surface area contributed by atoms with E-state index in [4.69, 9.17) is 0 Å². The van der Waals surface area contributed by atoms with Crippen LogP contribution in [-0.2, 0) is 9.53 Å². The smallest absolute Gasteiger partial charge is 0.338 e. The molecule has 0 aliphatic heterocycles. The molecule has 0 aromatic carbocycles. The Labute approximate surface area is 78.7 Å². The zero-order valence-electron chi connectivity index (χ0n) is 7.63. The number of methoxy groups -OCH3 is 1. The van der Waals surface area contributed by atoms with Gasteiger partial charge < -0.3 is 4.74 Å². The Morgan fingerprint density at radius 1 is 1.58 bits per heavy atom. The molecule has 0 atom stereocenters. The number of hydrogen-bond donors (Lipinski definition) is 1. The molecule has 0 unspecified atom stereocenters. The molecule has 12 heavy (non-hydrogen) atoms. The van der Waals surface area contributed by atoms with Crippen molar-refractivity contribution < 1.29 is 9.53 Å². The van der Waals surface area contributed by atoms with Gasteiger partial charge in [-0.1, -0.05) is 19.1 Å². The van der Waals surface area contributed by atoms with Gasteiger partial charge in [0.2, 0.25) is 0 Å². The second kappa shape index (κ2) is 5.89. The van der Waals surface area contributed by atoms with Crippen LogP contribution >= 0.6 is 12.6 Å². The summed E-state index contributed by atoms with van der Waals surface area (Å²) in [6.45, 7) is 3.77. The zero-order valence-corrected chi connectivity index (χ0v) is 8.52. The third kappa shape index (κ3) is 3.13. The van der Waals surface area contributed by atoms with E-state index in [0.717, 1.165) is 6.42 Å². The van der Waals surface area contributed by atoms with E-state index < -0.39 is 0 Å². The van der Waals surface area contributed by atoms with Crippen LogP contribution in [0.2, 0.25) is 0 Å². The van der Waals surface area contributed by atoms with Crippen LogP contribution in [0, 0.1) is 0 Å². The molecule has 0 aliphatic rings. The van der Waals surface area contributed by atoms with Gasteiger partial charge in [-0.25, -0.2) is 4.79 Å². The van der Waals surface area contributed by atoms with E-state index in [9.17, 15) is 4.79 Å². The molecule has 0 spiro atoms. The highest BCUT2D eigenvalue weighted by Gasteiger charge is 2.09. The van der Waals surface area contributed by atoms with Crippen molar-refractivity contribution >= 4 is 18.6 Å². The van der Waals surface area contributed by atoms with Crippen LogP contribution < -0.4 is 0 Å². The zero-order chi connectivity index (χ0) is 9.56. The predicted molar refractivity (Wildman–Crippen MR) is 53.1 cm³/mol. The monoisotopic (exact) mass is 186 g/mol. The van der Waals surface area contributed by atoms with Gasteiger partial charge in [0.15, 0.2) is 0 Å². The van der Waals surface area contributed by atoms with E-state index in [1.54, 1.807) is 13.0 Å². The summed E-state index contributed by atoms with van der Waals surface area (Å²) in [4.78, 5) is 11.8. The molecule has 0 aromatic rings. The molecule has 68 valence electrons. The first-order valence-electron chi connectivity index (χ1n) is 3.81. The summed E-state index contributed by atoms with van der Waals surface area (Å²) >= 11 is 4.17. The molecule has 0 saturated heterocycles. The van der Waals surface area contributed by atoms with E-state index in [1.807, 2.05) is 13.0 Å². The van der Waals surface area contributed by atoms with Gasteiger partial charge in [-0.2, -0.15) is 0 Å². The Morgan fingerprint density at radius 2 is 2.17 bits per heavy atom. The third-order valence-electron chi connectivity index (χ3n) is 1.37. The first kappa shape index (κ1) is 11.3. The number of ether oxygens (including phenoxy) is 1. The lowest BCUT2D eigenvalue weighted by atomic mass is 10.2. The minimum atomic E-state index is -0.341. The number of thiol groups is 1. The molecular weight excluding hydrogens is 172 g/mol. The Morgan fingerprint density at radius 3 is 2.50 bits per heavy atom. The molecule has 0 saturated carbocycles. The molecule has 0 aromatic heterocycles. The first-order chi connectivity index (χ1) is 5.67. The van der Waals surface area contributed by atoms with Crippen LogP contribution in [0.1, 0.15) is 20.3 Å². The Bertz CT molecular complexity index is 217. The maximum absolute atomic E-state index is 11.1. The minimum absolute atomic E-state index is 0.341. The quantitative estimate of drug-likeness (QED) is 0.317. The van der Waals surface area contributed by atoms with Gasteiger partial charge in [-0.3, -0.25) is 0 Å². The summed E-state index contributed by atoms with van der Waals surface area (Å²) in [6, 6.07) is 0. The molecule has 2 nitrogen and oxygen atoms in total. The summed E-state index contributed by atoms with van der Waals surface area (Å²) < 4.78 is 4.57. The molecular formula is C9H14O2S. The molecule has 0 heterocycles. The largest absolute Gasteiger partial charge is 0.465 e. The number of allylic oxidation sites excluding steroid dienone is 2. The highest BCUT2D eigenvalue weighted by atomic mass is 32.1. The Balaban J connectivity index is 4.59. The molecule has 0 amide bonds. The molecule has 0 bridgehead atoms. The van der Waals surface area contributed by atoms with Gasteiger partial charge >= 0.3 is 5.97 Å². The van der Waals surface area contributed by atoms with Crippen molar-refractivity contribution in [3.63, 3.8) is 0 Å². The molecule has 0 fully saturated rings. The van der Waals surface area contributed by atoms with Crippen LogP contribution in [0.3, 0.4) is 0 Å². The Kier molecular flexibility index (Phi) is 5.54. The van der Waals surface area contributed by atoms with Crippen LogP contribution in [0.25, 0.3) is 0 Å². The standard InChI is InChI=1S/C9H14O2S/c1-4-6-8(12)7(5-2)9(10)11-3/h5-6,12H,4H2,1-3H3/b7-5+,8-6+. The second-order valence-corrected chi connectivity index (χ2v) is 2.67. The van der Waals surface area contributed by atoms with E-state index in [2.05, 4.69) is 17.4 Å². The van der Waals surface area contributed by atoms with Gasteiger partial charge in [0.25, 0.3) is 0 Å². The fourth-order valence-corrected chi connectivity index (χ4v) is 1.19. The summed E-state index contributed by atoms with van der Waals surface area (Å²) in [7, 11) is 1.36. The van der Waals surface area contributed by atoms with Crippen molar-refractivity contribution in [2.24, 2.45) is 0 Å². The SMILES string of the molecule is C/C=C(C(=O)OC)\C(S)=C/CC. The summed E-state index contributed by atoms with van der Waals surface area (Å²) in [6.07, 6.45) is 4.42. The highest BCUT2D eigenvalue weighted by Crippen LogP contribution is 2.15. The topological polar surface area (TPSA) is 26.3 Å². The lowest BCUT2D eigenvalue weighted by molar-refractivity contribution is -0.135. The molecule has 0 aliphatic carbocycles. The van der Waals surface area contributed by atoms with Gasteiger partial charge in [0.1, 0.15) is 0 Å². The third-order valence-corrected chi connectivity index (χ3v) is 1.79. The lowest BCUT2D eigenvalue weighted by Gasteiger charge is -2.03. The summed E-state index contributed by atoms with van der Waals surface area (Å²) in [5.41, 5.74) is 0.516. The van der Waals surface area contributed by atoms with Crippen molar-refractivity contribution in [1.29, 1.82) is 0 Å². The maximum atomic E-state index is 11.1. The molecule has 0 N–H and O–H groups in total. The van der Waals surface area contributed by atoms with E-state index in [-0.39, 0.29) is 5.97 Å². The fourth-order valence-electron chi connectivity index (χ4n) is 0.784. The van der Waals surface area contributed by atoms with Crippen molar-refractivity contribution in [2.45, 2.75) is 20.3 Å². The van der Waals surface area contributed by atoms with Gasteiger partial charge in [0.05, 0.1) is 12.7 Å². The molecule has 3 heteroatoms. The number of carbonyl (C=O) groups excluding carboxylic acids is 1. The average molecular weight is 186 g/mol. The second-order valence-electron chi connectivity index (χ2n) is 2.19. The van der Waals surface area contributed by atoms with Crippen molar-refractivity contribution in [3.8, 4) is 0 Å². The van der Waals surface area contributed by atoms with Crippen molar-refractivity contribution in [1.82, 2.24) is 0 Å². The fraction of sp³-hybridized carbons (Fsp3) is 0.444. The first-order valence-corrected chi connectivity index (χ1v) is 4.26. The average Bonchev–Trinajstić information content (AvgIpc) is 2.06. The van der Waals surface area contributed by atoms with Crippen LogP contribution in [0.5, 0.6) is 0 Å². The van der Waals surface area contributed by atoms with Crippen LogP contribution in [0.15, 0.2) is 22.6 Å². The number of carbonyl (C=O) groups is 1. The van der Waals surface area contributed by atoms with E-state index in [1.165, 1.54) is 7.11 Å². The van der Waals surface area contributed by atoms with Crippen LogP contribution in [-0.4, -0.2) is 13.1 Å². The molecule has 0 rings (SSSR count). The minimum Gasteiger partial charge on any atom is -0.465 e. The van der Waals surface area contributed by atoms with Crippen molar-refractivity contribution in [3.05, 3.63) is 22.6 Å².